The van der Waals surface area contributed by atoms with Crippen LogP contribution in [0.1, 0.15) is 21.5 Å². The van der Waals surface area contributed by atoms with Crippen LogP contribution >= 0.6 is 23.2 Å². The molecule has 0 bridgehead atoms. The van der Waals surface area contributed by atoms with Crippen molar-refractivity contribution in [3.8, 4) is 0 Å². The Bertz CT molecular complexity index is 1160. The Labute approximate surface area is 186 Å². The average molecular weight is 463 g/mol. The molecule has 30 heavy (non-hydrogen) atoms. The second-order valence-corrected chi connectivity index (χ2v) is 9.64. The first-order valence-electron chi connectivity index (χ1n) is 9.03. The average Bonchev–Trinajstić information content (AvgIpc) is 2.66. The third-order valence-electron chi connectivity index (χ3n) is 4.47. The molecule has 0 radical (unpaired) electrons. The largest absolute Gasteiger partial charge is 0.322 e. The van der Waals surface area contributed by atoms with Crippen LogP contribution in [0.4, 0.5) is 11.4 Å². The van der Waals surface area contributed by atoms with Gasteiger partial charge in [0.2, 0.25) is 10.0 Å². The normalized spacial score (nSPS) is 11.2. The molecule has 0 aliphatic rings. The minimum atomic E-state index is -3.58. The van der Waals surface area contributed by atoms with E-state index in [1.165, 1.54) is 10.4 Å². The van der Waals surface area contributed by atoms with Gasteiger partial charge in [-0.3, -0.25) is 9.10 Å². The second-order valence-electron chi connectivity index (χ2n) is 6.86. The summed E-state index contributed by atoms with van der Waals surface area (Å²) >= 11 is 12.1. The number of hydrogen-bond donors (Lipinski definition) is 1. The number of aryl methyl sites for hydroxylation is 1. The van der Waals surface area contributed by atoms with Crippen molar-refractivity contribution in [1.29, 1.82) is 0 Å². The Kier molecular flexibility index (Phi) is 6.71. The zero-order valence-corrected chi connectivity index (χ0v) is 18.7. The SMILES string of the molecule is Cc1ccccc1NC(=O)c1ccc(CN(c2cc(Cl)cc(Cl)c2)S(C)(=O)=O)cc1. The fraction of sp³-hybridized carbons (Fsp3) is 0.136. The quantitative estimate of drug-likeness (QED) is 0.524. The van der Waals surface area contributed by atoms with Crippen LogP contribution in [0, 0.1) is 6.92 Å². The lowest BCUT2D eigenvalue weighted by molar-refractivity contribution is 0.102. The zero-order chi connectivity index (χ0) is 21.9. The fourth-order valence-corrected chi connectivity index (χ4v) is 4.30. The van der Waals surface area contributed by atoms with E-state index in [9.17, 15) is 13.2 Å². The van der Waals surface area contributed by atoms with E-state index >= 15 is 0 Å². The van der Waals surface area contributed by atoms with Gasteiger partial charge in [0.1, 0.15) is 0 Å². The number of halogens is 2. The maximum Gasteiger partial charge on any atom is 0.255 e. The lowest BCUT2D eigenvalue weighted by Crippen LogP contribution is -2.29. The van der Waals surface area contributed by atoms with Crippen LogP contribution in [0.3, 0.4) is 0 Å². The molecule has 0 aliphatic carbocycles. The summed E-state index contributed by atoms with van der Waals surface area (Å²) in [4.78, 5) is 12.5. The van der Waals surface area contributed by atoms with Crippen LogP contribution in [0.5, 0.6) is 0 Å². The molecule has 1 amide bonds. The highest BCUT2D eigenvalue weighted by Crippen LogP contribution is 2.28. The maximum atomic E-state index is 12.5. The zero-order valence-electron chi connectivity index (χ0n) is 16.4. The van der Waals surface area contributed by atoms with Gasteiger partial charge in [-0.2, -0.15) is 0 Å². The van der Waals surface area contributed by atoms with E-state index < -0.39 is 10.0 Å². The van der Waals surface area contributed by atoms with E-state index in [1.807, 2.05) is 31.2 Å². The minimum absolute atomic E-state index is 0.0786. The molecule has 0 saturated carbocycles. The molecule has 0 heterocycles. The molecule has 0 atom stereocenters. The number of carbonyl (C=O) groups is 1. The number of hydrogen-bond acceptors (Lipinski definition) is 3. The van der Waals surface area contributed by atoms with Gasteiger partial charge in [-0.1, -0.05) is 53.5 Å². The van der Waals surface area contributed by atoms with Crippen LogP contribution in [0.15, 0.2) is 66.7 Å². The van der Waals surface area contributed by atoms with Gasteiger partial charge < -0.3 is 5.32 Å². The molecule has 0 aliphatic heterocycles. The topological polar surface area (TPSA) is 66.5 Å². The van der Waals surface area contributed by atoms with E-state index in [2.05, 4.69) is 5.32 Å². The van der Waals surface area contributed by atoms with Gasteiger partial charge in [0.05, 0.1) is 18.5 Å². The number of anilines is 2. The van der Waals surface area contributed by atoms with Crippen molar-refractivity contribution < 1.29 is 13.2 Å². The number of rotatable bonds is 6. The lowest BCUT2D eigenvalue weighted by Gasteiger charge is -2.23. The molecule has 3 rings (SSSR count). The molecular formula is C22H20Cl2N2O3S. The predicted octanol–water partition coefficient (Wildman–Crippen LogP) is 5.52. The number of carbonyl (C=O) groups excluding carboxylic acids is 1. The Morgan fingerprint density at radius 1 is 0.967 bits per heavy atom. The summed E-state index contributed by atoms with van der Waals surface area (Å²) in [5.41, 5.74) is 3.26. The molecule has 0 unspecified atom stereocenters. The number of sulfonamides is 1. The molecule has 3 aromatic carbocycles. The van der Waals surface area contributed by atoms with Gasteiger partial charge in [-0.05, 0) is 54.4 Å². The fourth-order valence-electron chi connectivity index (χ4n) is 2.92. The van der Waals surface area contributed by atoms with Gasteiger partial charge in [0.25, 0.3) is 5.91 Å². The molecule has 0 aromatic heterocycles. The summed E-state index contributed by atoms with van der Waals surface area (Å²) in [6, 6.07) is 18.9. The number of benzene rings is 3. The minimum Gasteiger partial charge on any atom is -0.322 e. The number of para-hydroxylation sites is 1. The maximum absolute atomic E-state index is 12.5. The predicted molar refractivity (Wildman–Crippen MR) is 123 cm³/mol. The Hall–Kier alpha value is -2.54. The van der Waals surface area contributed by atoms with Crippen molar-refractivity contribution in [3.05, 3.63) is 93.5 Å². The van der Waals surface area contributed by atoms with Crippen molar-refractivity contribution in [2.45, 2.75) is 13.5 Å². The van der Waals surface area contributed by atoms with Crippen molar-refractivity contribution >= 4 is 50.5 Å². The highest BCUT2D eigenvalue weighted by Gasteiger charge is 2.19. The second kappa shape index (κ2) is 9.08. The van der Waals surface area contributed by atoms with E-state index in [4.69, 9.17) is 23.2 Å². The Balaban J connectivity index is 1.80. The van der Waals surface area contributed by atoms with Crippen molar-refractivity contribution in [2.75, 3.05) is 15.9 Å². The number of nitrogens with one attached hydrogen (secondary N) is 1. The van der Waals surface area contributed by atoms with Crippen LogP contribution in [0.25, 0.3) is 0 Å². The molecular weight excluding hydrogens is 443 g/mol. The van der Waals surface area contributed by atoms with Gasteiger partial charge in [0.15, 0.2) is 0 Å². The standard InChI is InChI=1S/C22H20Cl2N2O3S/c1-15-5-3-4-6-21(15)25-22(27)17-9-7-16(8-10-17)14-26(30(2,28)29)20-12-18(23)11-19(24)13-20/h3-13H,14H2,1-2H3,(H,25,27). The first-order valence-corrected chi connectivity index (χ1v) is 11.6. The Morgan fingerprint density at radius 2 is 1.57 bits per heavy atom. The first-order chi connectivity index (χ1) is 14.1. The summed E-state index contributed by atoms with van der Waals surface area (Å²) < 4.78 is 25.9. The van der Waals surface area contributed by atoms with Crippen LogP contribution in [-0.2, 0) is 16.6 Å². The van der Waals surface area contributed by atoms with Crippen molar-refractivity contribution in [2.24, 2.45) is 0 Å². The first kappa shape index (κ1) is 22.2. The van der Waals surface area contributed by atoms with E-state index in [0.717, 1.165) is 17.5 Å². The summed E-state index contributed by atoms with van der Waals surface area (Å²) in [5.74, 6) is -0.238. The summed E-state index contributed by atoms with van der Waals surface area (Å²) in [6.45, 7) is 2.00. The highest BCUT2D eigenvalue weighted by molar-refractivity contribution is 7.92. The molecule has 5 nitrogen and oxygen atoms in total. The van der Waals surface area contributed by atoms with E-state index in [1.54, 1.807) is 36.4 Å². The number of amides is 1. The van der Waals surface area contributed by atoms with Crippen LogP contribution in [0.2, 0.25) is 10.0 Å². The third-order valence-corrected chi connectivity index (χ3v) is 6.05. The van der Waals surface area contributed by atoms with Gasteiger partial charge in [0, 0.05) is 21.3 Å². The van der Waals surface area contributed by atoms with Gasteiger partial charge in [-0.15, -0.1) is 0 Å². The monoisotopic (exact) mass is 462 g/mol. The molecule has 0 spiro atoms. The van der Waals surface area contributed by atoms with Crippen LogP contribution in [-0.4, -0.2) is 20.6 Å². The molecule has 8 heteroatoms. The van der Waals surface area contributed by atoms with Crippen molar-refractivity contribution in [3.63, 3.8) is 0 Å². The molecule has 3 aromatic rings. The summed E-state index contributed by atoms with van der Waals surface area (Å²) in [5, 5.41) is 3.56. The van der Waals surface area contributed by atoms with E-state index in [0.29, 0.717) is 26.9 Å². The van der Waals surface area contributed by atoms with Crippen LogP contribution < -0.4 is 9.62 Å². The molecule has 0 fully saturated rings. The lowest BCUT2D eigenvalue weighted by atomic mass is 10.1. The summed E-state index contributed by atoms with van der Waals surface area (Å²) in [7, 11) is -3.58. The molecule has 156 valence electrons. The molecule has 0 saturated heterocycles. The summed E-state index contributed by atoms with van der Waals surface area (Å²) in [6.07, 6.45) is 1.12. The van der Waals surface area contributed by atoms with Gasteiger partial charge >= 0.3 is 0 Å². The molecule has 1 N–H and O–H groups in total. The number of nitrogens with zero attached hydrogens (tertiary/aromatic N) is 1. The van der Waals surface area contributed by atoms with Crippen molar-refractivity contribution in [1.82, 2.24) is 0 Å². The Morgan fingerprint density at radius 3 is 2.13 bits per heavy atom. The van der Waals surface area contributed by atoms with E-state index in [-0.39, 0.29) is 12.5 Å². The van der Waals surface area contributed by atoms with Gasteiger partial charge in [-0.25, -0.2) is 8.42 Å². The smallest absolute Gasteiger partial charge is 0.255 e. The third kappa shape index (κ3) is 5.53. The highest BCUT2D eigenvalue weighted by atomic mass is 35.5.